The molecule has 5 nitrogen and oxygen atoms in total. The summed E-state index contributed by atoms with van der Waals surface area (Å²) in [5.41, 5.74) is -0.395. The van der Waals surface area contributed by atoms with Gasteiger partial charge in [0.15, 0.2) is 0 Å². The minimum absolute atomic E-state index is 0.00213. The molecule has 0 aromatic carbocycles. The number of carbonyl (C=O) groups excluding carboxylic acids is 1. The first kappa shape index (κ1) is 16.7. The molecule has 0 aromatic rings. The molecule has 0 heterocycles. The number of rotatable bonds is 8. The summed E-state index contributed by atoms with van der Waals surface area (Å²) in [6, 6.07) is 0. The van der Waals surface area contributed by atoms with Crippen molar-refractivity contribution in [3.63, 3.8) is 0 Å². The first-order valence-corrected chi connectivity index (χ1v) is 6.35. The Morgan fingerprint density at radius 2 is 1.95 bits per heavy atom. The van der Waals surface area contributed by atoms with E-state index in [2.05, 4.69) is 10.1 Å². The van der Waals surface area contributed by atoms with E-state index in [1.807, 2.05) is 0 Å². The van der Waals surface area contributed by atoms with Crippen LogP contribution < -0.4 is 5.32 Å². The van der Waals surface area contributed by atoms with E-state index in [0.717, 1.165) is 19.3 Å². The third kappa shape index (κ3) is 6.23. The zero-order valence-electron chi connectivity index (χ0n) is 11.0. The predicted octanol–water partition coefficient (Wildman–Crippen LogP) is 1.72. The number of carbonyl (C=O) groups is 2. The molecule has 0 bridgehead atoms. The van der Waals surface area contributed by atoms with Crippen molar-refractivity contribution in [1.82, 2.24) is 5.32 Å². The van der Waals surface area contributed by atoms with Gasteiger partial charge in [0.2, 0.25) is 5.91 Å². The van der Waals surface area contributed by atoms with Crippen molar-refractivity contribution >= 4 is 11.9 Å². The highest BCUT2D eigenvalue weighted by atomic mass is 19.4. The average Bonchev–Trinajstić information content (AvgIpc) is 2.26. The summed E-state index contributed by atoms with van der Waals surface area (Å²) in [5.74, 6) is -1.34. The number of aliphatic carboxylic acids is 1. The number of carboxylic acids is 1. The van der Waals surface area contributed by atoms with Crippen molar-refractivity contribution in [3.05, 3.63) is 0 Å². The highest BCUT2D eigenvalue weighted by Crippen LogP contribution is 2.43. The molecule has 2 N–H and O–H groups in total. The van der Waals surface area contributed by atoms with E-state index >= 15 is 0 Å². The summed E-state index contributed by atoms with van der Waals surface area (Å²) in [4.78, 5) is 22.1. The molecule has 1 rings (SSSR count). The average molecular weight is 297 g/mol. The Bertz CT molecular complexity index is 353. The van der Waals surface area contributed by atoms with Crippen LogP contribution in [0.2, 0.25) is 0 Å². The maximum Gasteiger partial charge on any atom is 0.411 e. The fourth-order valence-corrected chi connectivity index (χ4v) is 2.14. The minimum atomic E-state index is -4.39. The van der Waals surface area contributed by atoms with Gasteiger partial charge in [0.1, 0.15) is 6.61 Å². The molecule has 1 aliphatic carbocycles. The second-order valence-corrected chi connectivity index (χ2v) is 5.12. The standard InChI is InChI=1S/C12H18F3NO4/c13-12(14,15)8-20-5-2-9(17)16-7-11(3-1-4-11)6-10(18)19/h1-8H2,(H,16,17)(H,18,19). The summed E-state index contributed by atoms with van der Waals surface area (Å²) in [6.07, 6.45) is -2.16. The van der Waals surface area contributed by atoms with E-state index in [1.54, 1.807) is 0 Å². The fourth-order valence-electron chi connectivity index (χ4n) is 2.14. The van der Waals surface area contributed by atoms with Crippen molar-refractivity contribution in [1.29, 1.82) is 0 Å². The maximum absolute atomic E-state index is 11.8. The lowest BCUT2D eigenvalue weighted by Gasteiger charge is -2.40. The molecule has 1 fully saturated rings. The quantitative estimate of drug-likeness (QED) is 0.669. The van der Waals surface area contributed by atoms with Crippen molar-refractivity contribution in [2.75, 3.05) is 19.8 Å². The van der Waals surface area contributed by atoms with Crippen LogP contribution in [0.5, 0.6) is 0 Å². The molecule has 20 heavy (non-hydrogen) atoms. The lowest BCUT2D eigenvalue weighted by atomic mass is 9.66. The molecular formula is C12H18F3NO4. The molecule has 0 spiro atoms. The molecular weight excluding hydrogens is 279 g/mol. The Morgan fingerprint density at radius 3 is 2.40 bits per heavy atom. The van der Waals surface area contributed by atoms with Crippen molar-refractivity contribution < 1.29 is 32.6 Å². The van der Waals surface area contributed by atoms with Crippen LogP contribution in [0.15, 0.2) is 0 Å². The molecule has 1 aliphatic rings. The zero-order valence-corrected chi connectivity index (χ0v) is 11.0. The van der Waals surface area contributed by atoms with Crippen molar-refractivity contribution in [3.8, 4) is 0 Å². The van der Waals surface area contributed by atoms with Gasteiger partial charge in [-0.3, -0.25) is 9.59 Å². The molecule has 8 heteroatoms. The molecule has 0 aliphatic heterocycles. The summed E-state index contributed by atoms with van der Waals surface area (Å²) in [6.45, 7) is -1.43. The number of alkyl halides is 3. The van der Waals surface area contributed by atoms with Gasteiger partial charge in [-0.25, -0.2) is 0 Å². The fraction of sp³-hybridized carbons (Fsp3) is 0.833. The van der Waals surface area contributed by atoms with Crippen LogP contribution in [0.3, 0.4) is 0 Å². The molecule has 0 aromatic heterocycles. The SMILES string of the molecule is O=C(O)CC1(CNC(=O)CCOCC(F)(F)F)CCC1. The van der Waals surface area contributed by atoms with E-state index < -0.39 is 30.1 Å². The van der Waals surface area contributed by atoms with Crippen LogP contribution in [0.1, 0.15) is 32.1 Å². The monoisotopic (exact) mass is 297 g/mol. The lowest BCUT2D eigenvalue weighted by Crippen LogP contribution is -2.43. The summed E-state index contributed by atoms with van der Waals surface area (Å²) >= 11 is 0. The van der Waals surface area contributed by atoms with Gasteiger partial charge in [-0.15, -0.1) is 0 Å². The van der Waals surface area contributed by atoms with Crippen LogP contribution in [0, 0.1) is 5.41 Å². The van der Waals surface area contributed by atoms with Gasteiger partial charge in [-0.05, 0) is 18.3 Å². The van der Waals surface area contributed by atoms with Crippen LogP contribution in [0.4, 0.5) is 13.2 Å². The first-order chi connectivity index (χ1) is 9.22. The molecule has 1 saturated carbocycles. The van der Waals surface area contributed by atoms with Crippen LogP contribution in [-0.2, 0) is 14.3 Å². The Morgan fingerprint density at radius 1 is 1.30 bits per heavy atom. The number of halogens is 3. The smallest absolute Gasteiger partial charge is 0.411 e. The first-order valence-electron chi connectivity index (χ1n) is 6.35. The molecule has 0 atom stereocenters. The Hall–Kier alpha value is -1.31. The van der Waals surface area contributed by atoms with Gasteiger partial charge in [0.25, 0.3) is 0 Å². The number of hydrogen-bond acceptors (Lipinski definition) is 3. The predicted molar refractivity (Wildman–Crippen MR) is 63.0 cm³/mol. The lowest BCUT2D eigenvalue weighted by molar-refractivity contribution is -0.174. The van der Waals surface area contributed by atoms with Gasteiger partial charge in [0.05, 0.1) is 13.0 Å². The normalized spacial score (nSPS) is 17.4. The van der Waals surface area contributed by atoms with Crippen LogP contribution in [-0.4, -0.2) is 42.9 Å². The van der Waals surface area contributed by atoms with E-state index in [-0.39, 0.29) is 26.0 Å². The van der Waals surface area contributed by atoms with E-state index in [4.69, 9.17) is 5.11 Å². The van der Waals surface area contributed by atoms with Crippen molar-refractivity contribution in [2.24, 2.45) is 5.41 Å². The highest BCUT2D eigenvalue weighted by molar-refractivity contribution is 5.76. The van der Waals surface area contributed by atoms with Gasteiger partial charge < -0.3 is 15.2 Å². The number of amides is 1. The van der Waals surface area contributed by atoms with E-state index in [1.165, 1.54) is 0 Å². The molecule has 0 saturated heterocycles. The maximum atomic E-state index is 11.8. The third-order valence-electron chi connectivity index (χ3n) is 3.34. The second kappa shape index (κ2) is 6.92. The highest BCUT2D eigenvalue weighted by Gasteiger charge is 2.39. The largest absolute Gasteiger partial charge is 0.481 e. The van der Waals surface area contributed by atoms with E-state index in [9.17, 15) is 22.8 Å². The Kier molecular flexibility index (Phi) is 5.79. The zero-order chi connectivity index (χ0) is 15.2. The molecule has 0 unspecified atom stereocenters. The molecule has 116 valence electrons. The summed E-state index contributed by atoms with van der Waals surface area (Å²) < 4.78 is 39.7. The number of hydrogen-bond donors (Lipinski definition) is 2. The van der Waals surface area contributed by atoms with Crippen LogP contribution in [0.25, 0.3) is 0 Å². The second-order valence-electron chi connectivity index (χ2n) is 5.12. The van der Waals surface area contributed by atoms with E-state index in [0.29, 0.717) is 0 Å². The van der Waals surface area contributed by atoms with Gasteiger partial charge in [-0.2, -0.15) is 13.2 Å². The molecule has 0 radical (unpaired) electrons. The van der Waals surface area contributed by atoms with Crippen molar-refractivity contribution in [2.45, 2.75) is 38.3 Å². The van der Waals surface area contributed by atoms with Gasteiger partial charge in [0, 0.05) is 13.0 Å². The van der Waals surface area contributed by atoms with Gasteiger partial charge in [-0.1, -0.05) is 6.42 Å². The topological polar surface area (TPSA) is 75.6 Å². The van der Waals surface area contributed by atoms with Crippen LogP contribution >= 0.6 is 0 Å². The third-order valence-corrected chi connectivity index (χ3v) is 3.34. The number of nitrogens with one attached hydrogen (secondary N) is 1. The summed E-state index contributed by atoms with van der Waals surface area (Å²) in [7, 11) is 0. The Balaban J connectivity index is 2.17. The number of ether oxygens (including phenoxy) is 1. The Labute approximate surface area is 114 Å². The summed E-state index contributed by atoms with van der Waals surface area (Å²) in [5, 5.41) is 11.4. The molecule has 1 amide bonds. The number of carboxylic acid groups (broad SMARTS) is 1. The van der Waals surface area contributed by atoms with Gasteiger partial charge >= 0.3 is 12.1 Å². The minimum Gasteiger partial charge on any atom is -0.481 e.